The molecule has 0 amide bonds. The molecule has 0 radical (unpaired) electrons. The van der Waals surface area contributed by atoms with Gasteiger partial charge >= 0.3 is 0 Å². The Balaban J connectivity index is 2.14. The van der Waals surface area contributed by atoms with Crippen LogP contribution in [0.4, 0.5) is 0 Å². The van der Waals surface area contributed by atoms with Crippen LogP contribution < -0.4 is 5.32 Å². The van der Waals surface area contributed by atoms with Crippen molar-refractivity contribution in [2.45, 2.75) is 18.2 Å². The molecule has 0 atom stereocenters. The fourth-order valence-electron chi connectivity index (χ4n) is 2.71. The number of hydrogen-bond donors (Lipinski definition) is 1. The highest BCUT2D eigenvalue weighted by Crippen LogP contribution is 2.33. The first-order valence-corrected chi connectivity index (χ1v) is 9.65. The van der Waals surface area contributed by atoms with Gasteiger partial charge in [0.25, 0.3) is 0 Å². The monoisotopic (exact) mass is 399 g/mol. The molecule has 27 heavy (non-hydrogen) atoms. The van der Waals surface area contributed by atoms with E-state index < -0.39 is 0 Å². The van der Waals surface area contributed by atoms with Crippen molar-refractivity contribution >= 4 is 34.9 Å². The first-order valence-electron chi connectivity index (χ1n) is 8.50. The Morgan fingerprint density at radius 2 is 2.15 bits per heavy atom. The van der Waals surface area contributed by atoms with Crippen molar-refractivity contribution in [1.82, 2.24) is 9.62 Å². The summed E-state index contributed by atoms with van der Waals surface area (Å²) in [5.41, 5.74) is 4.32. The zero-order valence-electron chi connectivity index (χ0n) is 15.6. The van der Waals surface area contributed by atoms with Gasteiger partial charge in [0.1, 0.15) is 0 Å². The van der Waals surface area contributed by atoms with Crippen molar-refractivity contribution < 1.29 is 4.79 Å². The number of benzene rings is 2. The third-order valence-corrected chi connectivity index (χ3v) is 5.45. The van der Waals surface area contributed by atoms with Crippen LogP contribution in [0.1, 0.15) is 32.6 Å². The molecule has 140 valence electrons. The molecule has 0 aliphatic heterocycles. The van der Waals surface area contributed by atoms with Crippen molar-refractivity contribution in [3.63, 3.8) is 0 Å². The van der Waals surface area contributed by atoms with E-state index in [0.717, 1.165) is 35.3 Å². The lowest BCUT2D eigenvalue weighted by molar-refractivity contribution is 0.112. The Morgan fingerprint density at radius 1 is 1.37 bits per heavy atom. The maximum atomic E-state index is 11.4. The highest BCUT2D eigenvalue weighted by Gasteiger charge is 2.14. The van der Waals surface area contributed by atoms with Gasteiger partial charge in [-0.15, -0.1) is 0 Å². The highest BCUT2D eigenvalue weighted by atomic mass is 35.5. The molecule has 6 heteroatoms. The van der Waals surface area contributed by atoms with Crippen LogP contribution in [0.5, 0.6) is 0 Å². The van der Waals surface area contributed by atoms with Crippen molar-refractivity contribution in [2.75, 3.05) is 20.6 Å². The van der Waals surface area contributed by atoms with Gasteiger partial charge in [-0.25, -0.2) is 4.31 Å². The number of likely N-dealkylation sites (N-methyl/N-ethyl adjacent to an activating group) is 1. The van der Waals surface area contributed by atoms with Crippen LogP contribution in [-0.2, 0) is 6.42 Å². The van der Waals surface area contributed by atoms with Crippen LogP contribution in [-0.4, -0.2) is 31.2 Å². The molecule has 0 unspecified atom stereocenters. The van der Waals surface area contributed by atoms with Crippen molar-refractivity contribution in [1.29, 1.82) is 5.26 Å². The minimum atomic E-state index is 0.499. The number of carbonyl (C=O) groups excluding carboxylic acids is 1. The van der Waals surface area contributed by atoms with Gasteiger partial charge in [0.15, 0.2) is 6.29 Å². The number of nitriles is 1. The zero-order valence-corrected chi connectivity index (χ0v) is 17.2. The summed E-state index contributed by atoms with van der Waals surface area (Å²) in [7, 11) is 3.78. The van der Waals surface area contributed by atoms with Crippen molar-refractivity contribution in [3.05, 3.63) is 70.4 Å². The summed E-state index contributed by atoms with van der Waals surface area (Å²) in [6, 6.07) is 13.5. The van der Waals surface area contributed by atoms with E-state index in [1.54, 1.807) is 31.3 Å². The van der Waals surface area contributed by atoms with Gasteiger partial charge in [0, 0.05) is 35.8 Å². The van der Waals surface area contributed by atoms with Crippen LogP contribution in [0, 0.1) is 18.3 Å². The molecule has 0 saturated carbocycles. The molecule has 2 rings (SSSR count). The lowest BCUT2D eigenvalue weighted by Gasteiger charge is -2.19. The average Bonchev–Trinajstić information content (AvgIpc) is 2.66. The van der Waals surface area contributed by atoms with E-state index in [1.807, 2.05) is 44.3 Å². The first-order chi connectivity index (χ1) is 13.0. The largest absolute Gasteiger partial charge is 0.393 e. The van der Waals surface area contributed by atoms with E-state index in [9.17, 15) is 4.79 Å². The maximum absolute atomic E-state index is 11.4. The van der Waals surface area contributed by atoms with Gasteiger partial charge in [-0.3, -0.25) is 4.79 Å². The van der Waals surface area contributed by atoms with E-state index in [4.69, 9.17) is 16.9 Å². The van der Waals surface area contributed by atoms with E-state index in [0.29, 0.717) is 16.2 Å². The van der Waals surface area contributed by atoms with Gasteiger partial charge in [0.2, 0.25) is 0 Å². The normalized spacial score (nSPS) is 11.3. The second kappa shape index (κ2) is 10.2. The quantitative estimate of drug-likeness (QED) is 0.518. The van der Waals surface area contributed by atoms with Crippen LogP contribution in [0.3, 0.4) is 0 Å². The minimum absolute atomic E-state index is 0.499. The highest BCUT2D eigenvalue weighted by molar-refractivity contribution is 7.97. The molecule has 0 aliphatic carbocycles. The lowest BCUT2D eigenvalue weighted by atomic mass is 10.0. The Bertz CT molecular complexity index is 889. The summed E-state index contributed by atoms with van der Waals surface area (Å²) >= 11 is 7.94. The van der Waals surface area contributed by atoms with Gasteiger partial charge in [-0.05, 0) is 61.7 Å². The van der Waals surface area contributed by atoms with Crippen LogP contribution in [0.15, 0.2) is 47.5 Å². The van der Waals surface area contributed by atoms with Crippen molar-refractivity contribution in [3.8, 4) is 6.07 Å². The molecule has 0 aromatic heterocycles. The third-order valence-electron chi connectivity index (χ3n) is 4.12. The summed E-state index contributed by atoms with van der Waals surface area (Å²) in [5, 5.41) is 12.4. The number of aryl methyl sites for hydroxylation is 1. The number of nitrogens with zero attached hydrogens (tertiary/aromatic N) is 2. The minimum Gasteiger partial charge on any atom is -0.393 e. The van der Waals surface area contributed by atoms with E-state index in [-0.39, 0.29) is 0 Å². The molecule has 0 fully saturated rings. The third kappa shape index (κ3) is 5.61. The second-order valence-electron chi connectivity index (χ2n) is 6.07. The molecule has 4 nitrogen and oxygen atoms in total. The number of carbonyl (C=O) groups is 1. The van der Waals surface area contributed by atoms with E-state index in [2.05, 4.69) is 15.7 Å². The fourth-order valence-corrected chi connectivity index (χ4v) is 4.07. The number of aldehydes is 1. The molecule has 2 aromatic rings. The van der Waals surface area contributed by atoms with Crippen molar-refractivity contribution in [2.24, 2.45) is 0 Å². The number of nitrogens with one attached hydrogen (secondary N) is 1. The predicted octanol–water partition coefficient (Wildman–Crippen LogP) is 4.62. The molecule has 0 saturated heterocycles. The Morgan fingerprint density at radius 3 is 2.78 bits per heavy atom. The van der Waals surface area contributed by atoms with Crippen LogP contribution in [0.25, 0.3) is 5.03 Å². The first kappa shape index (κ1) is 21.0. The van der Waals surface area contributed by atoms with Gasteiger partial charge in [-0.1, -0.05) is 29.8 Å². The molecule has 0 bridgehead atoms. The number of rotatable bonds is 8. The number of hydrogen-bond acceptors (Lipinski definition) is 5. The van der Waals surface area contributed by atoms with E-state index in [1.165, 1.54) is 5.56 Å². The van der Waals surface area contributed by atoms with E-state index >= 15 is 0 Å². The standard InChI is InChI=1S/C21H22ClN3OS/c1-15-11-16(12-23)7-8-17(15)9-10-25(3)27-20-6-4-5-18(14-26)21(20)19(22)13-24-2/h4-8,11,13-14,24H,9-10H2,1-3H3/b19-13+. The molecular formula is C21H22ClN3OS. The number of halogens is 1. The van der Waals surface area contributed by atoms with Gasteiger partial charge in [0.05, 0.1) is 16.7 Å². The predicted molar refractivity (Wildman–Crippen MR) is 113 cm³/mol. The molecule has 1 N–H and O–H groups in total. The SMILES string of the molecule is CN/C=C(/Cl)c1c(C=O)cccc1SN(C)CCc1ccc(C#N)cc1C. The summed E-state index contributed by atoms with van der Waals surface area (Å²) in [4.78, 5) is 12.3. The van der Waals surface area contributed by atoms with Gasteiger partial charge < -0.3 is 5.32 Å². The molecule has 0 heterocycles. The zero-order chi connectivity index (χ0) is 19.8. The summed E-state index contributed by atoms with van der Waals surface area (Å²) < 4.78 is 2.12. The summed E-state index contributed by atoms with van der Waals surface area (Å²) in [6.45, 7) is 2.84. The van der Waals surface area contributed by atoms with Crippen LogP contribution >= 0.6 is 23.5 Å². The Hall–Kier alpha value is -2.26. The Labute approximate surface area is 170 Å². The maximum Gasteiger partial charge on any atom is 0.150 e. The molecule has 0 aliphatic rings. The second-order valence-corrected chi connectivity index (χ2v) is 7.72. The molecular weight excluding hydrogens is 378 g/mol. The van der Waals surface area contributed by atoms with Gasteiger partial charge in [-0.2, -0.15) is 5.26 Å². The summed E-state index contributed by atoms with van der Waals surface area (Å²) in [6.07, 6.45) is 3.36. The Kier molecular flexibility index (Phi) is 7.93. The summed E-state index contributed by atoms with van der Waals surface area (Å²) in [5.74, 6) is 0. The fraction of sp³-hybridized carbons (Fsp3) is 0.238. The lowest BCUT2D eigenvalue weighted by Crippen LogP contribution is -2.14. The molecule has 0 spiro atoms. The average molecular weight is 400 g/mol. The van der Waals surface area contributed by atoms with Crippen LogP contribution in [0.2, 0.25) is 0 Å². The molecule has 2 aromatic carbocycles. The topological polar surface area (TPSA) is 56.1 Å². The smallest absolute Gasteiger partial charge is 0.150 e.